The monoisotopic (exact) mass is 310 g/mol. The number of ketones is 1. The highest BCUT2D eigenvalue weighted by atomic mass is 16.1. The molecular formula is C20H26N2O. The molecule has 0 aliphatic heterocycles. The van der Waals surface area contributed by atoms with Gasteiger partial charge in [0.15, 0.2) is 5.78 Å². The first kappa shape index (κ1) is 17.2. The SMILES string of the molecule is CCC(Cc1ccccc1)(C(=O)c1ccc(NC)cc1)N(C)C. The molecule has 0 amide bonds. The van der Waals surface area contributed by atoms with Crippen LogP contribution in [0.2, 0.25) is 0 Å². The van der Waals surface area contributed by atoms with Crippen molar-refractivity contribution in [1.82, 2.24) is 4.90 Å². The fourth-order valence-electron chi connectivity index (χ4n) is 3.03. The Morgan fingerprint density at radius 2 is 1.65 bits per heavy atom. The van der Waals surface area contributed by atoms with Gasteiger partial charge in [-0.15, -0.1) is 0 Å². The van der Waals surface area contributed by atoms with Gasteiger partial charge in [-0.05, 0) is 56.8 Å². The number of hydrogen-bond acceptors (Lipinski definition) is 3. The average Bonchev–Trinajstić information content (AvgIpc) is 2.60. The maximum absolute atomic E-state index is 13.3. The average molecular weight is 310 g/mol. The molecule has 0 aliphatic carbocycles. The lowest BCUT2D eigenvalue weighted by molar-refractivity contribution is 0.0666. The van der Waals surface area contributed by atoms with Gasteiger partial charge in [0, 0.05) is 18.3 Å². The molecule has 1 N–H and O–H groups in total. The summed E-state index contributed by atoms with van der Waals surface area (Å²) in [5.74, 6) is 0.177. The summed E-state index contributed by atoms with van der Waals surface area (Å²) in [5, 5.41) is 3.09. The van der Waals surface area contributed by atoms with E-state index in [0.29, 0.717) is 6.42 Å². The molecule has 1 unspecified atom stereocenters. The normalized spacial score (nSPS) is 13.6. The molecule has 122 valence electrons. The van der Waals surface area contributed by atoms with Gasteiger partial charge in [-0.1, -0.05) is 37.3 Å². The second-order valence-electron chi connectivity index (χ2n) is 6.10. The Morgan fingerprint density at radius 3 is 2.13 bits per heavy atom. The van der Waals surface area contributed by atoms with Gasteiger partial charge in [-0.2, -0.15) is 0 Å². The first-order chi connectivity index (χ1) is 11.0. The molecule has 0 heterocycles. The lowest BCUT2D eigenvalue weighted by Crippen LogP contribution is -2.52. The van der Waals surface area contributed by atoms with Crippen molar-refractivity contribution in [3.8, 4) is 0 Å². The molecule has 2 rings (SSSR count). The highest BCUT2D eigenvalue weighted by molar-refractivity contribution is 6.03. The zero-order valence-corrected chi connectivity index (χ0v) is 14.5. The summed E-state index contributed by atoms with van der Waals surface area (Å²) in [6, 6.07) is 18.0. The fourth-order valence-corrected chi connectivity index (χ4v) is 3.03. The van der Waals surface area contributed by atoms with Crippen LogP contribution in [-0.2, 0) is 6.42 Å². The zero-order chi connectivity index (χ0) is 16.9. The van der Waals surface area contributed by atoms with Crippen LogP contribution in [0.4, 0.5) is 5.69 Å². The maximum atomic E-state index is 13.3. The Balaban J connectivity index is 2.38. The van der Waals surface area contributed by atoms with Gasteiger partial charge < -0.3 is 5.32 Å². The summed E-state index contributed by atoms with van der Waals surface area (Å²) >= 11 is 0. The van der Waals surface area contributed by atoms with E-state index in [1.807, 2.05) is 63.6 Å². The van der Waals surface area contributed by atoms with Crippen LogP contribution in [0.1, 0.15) is 29.3 Å². The van der Waals surface area contributed by atoms with E-state index in [0.717, 1.165) is 17.7 Å². The Bertz CT molecular complexity index is 634. The van der Waals surface area contributed by atoms with E-state index in [1.54, 1.807) is 0 Å². The molecule has 0 saturated carbocycles. The van der Waals surface area contributed by atoms with E-state index in [-0.39, 0.29) is 5.78 Å². The number of carbonyl (C=O) groups is 1. The summed E-state index contributed by atoms with van der Waals surface area (Å²) in [5.41, 5.74) is 2.43. The minimum atomic E-state index is -0.525. The summed E-state index contributed by atoms with van der Waals surface area (Å²) in [7, 11) is 5.86. The first-order valence-corrected chi connectivity index (χ1v) is 8.07. The van der Waals surface area contributed by atoms with Gasteiger partial charge in [0.2, 0.25) is 0 Å². The molecule has 0 saturated heterocycles. The summed E-state index contributed by atoms with van der Waals surface area (Å²) in [6.07, 6.45) is 1.48. The highest BCUT2D eigenvalue weighted by Gasteiger charge is 2.39. The second kappa shape index (κ2) is 7.42. The van der Waals surface area contributed by atoms with E-state index >= 15 is 0 Å². The number of rotatable bonds is 7. The number of carbonyl (C=O) groups excluding carboxylic acids is 1. The van der Waals surface area contributed by atoms with Gasteiger partial charge in [0.1, 0.15) is 0 Å². The van der Waals surface area contributed by atoms with Crippen LogP contribution in [0.5, 0.6) is 0 Å². The molecule has 23 heavy (non-hydrogen) atoms. The molecule has 0 bridgehead atoms. The summed E-state index contributed by atoms with van der Waals surface area (Å²) in [4.78, 5) is 15.3. The molecular weight excluding hydrogens is 284 g/mol. The van der Waals surface area contributed by atoms with Crippen LogP contribution >= 0.6 is 0 Å². The van der Waals surface area contributed by atoms with Crippen molar-refractivity contribution >= 4 is 11.5 Å². The molecule has 2 aromatic rings. The first-order valence-electron chi connectivity index (χ1n) is 8.07. The number of benzene rings is 2. The largest absolute Gasteiger partial charge is 0.388 e. The van der Waals surface area contributed by atoms with Gasteiger partial charge in [-0.25, -0.2) is 0 Å². The van der Waals surface area contributed by atoms with Crippen LogP contribution in [0.25, 0.3) is 0 Å². The summed E-state index contributed by atoms with van der Waals surface area (Å²) < 4.78 is 0. The van der Waals surface area contributed by atoms with Gasteiger partial charge >= 0.3 is 0 Å². The lowest BCUT2D eigenvalue weighted by Gasteiger charge is -2.38. The van der Waals surface area contributed by atoms with Crippen molar-refractivity contribution in [2.45, 2.75) is 25.3 Å². The predicted molar refractivity (Wildman–Crippen MR) is 97.2 cm³/mol. The summed E-state index contributed by atoms with van der Waals surface area (Å²) in [6.45, 7) is 2.09. The smallest absolute Gasteiger partial charge is 0.183 e. The van der Waals surface area contributed by atoms with E-state index in [2.05, 4.69) is 29.3 Å². The quantitative estimate of drug-likeness (QED) is 0.788. The number of Topliss-reactive ketones (excluding diaryl/α,β-unsaturated/α-hetero) is 1. The molecule has 0 fully saturated rings. The third-order valence-corrected chi connectivity index (χ3v) is 4.64. The number of likely N-dealkylation sites (N-methyl/N-ethyl adjacent to an activating group) is 1. The molecule has 3 heteroatoms. The van der Waals surface area contributed by atoms with Crippen molar-refractivity contribution in [2.75, 3.05) is 26.5 Å². The Morgan fingerprint density at radius 1 is 1.04 bits per heavy atom. The van der Waals surface area contributed by atoms with Crippen molar-refractivity contribution in [2.24, 2.45) is 0 Å². The van der Waals surface area contributed by atoms with Crippen molar-refractivity contribution in [3.63, 3.8) is 0 Å². The highest BCUT2D eigenvalue weighted by Crippen LogP contribution is 2.28. The molecule has 0 spiro atoms. The van der Waals surface area contributed by atoms with E-state index in [4.69, 9.17) is 0 Å². The molecule has 0 radical (unpaired) electrons. The molecule has 2 aromatic carbocycles. The van der Waals surface area contributed by atoms with Gasteiger partial charge in [0.25, 0.3) is 0 Å². The Hall–Kier alpha value is -2.13. The zero-order valence-electron chi connectivity index (χ0n) is 14.5. The lowest BCUT2D eigenvalue weighted by atomic mass is 9.80. The third kappa shape index (κ3) is 3.62. The second-order valence-corrected chi connectivity index (χ2v) is 6.10. The van der Waals surface area contributed by atoms with Gasteiger partial charge in [0.05, 0.1) is 5.54 Å². The Labute approximate surface area is 139 Å². The van der Waals surface area contributed by atoms with E-state index < -0.39 is 5.54 Å². The van der Waals surface area contributed by atoms with Crippen LogP contribution in [0, 0.1) is 0 Å². The van der Waals surface area contributed by atoms with Crippen LogP contribution in [0.3, 0.4) is 0 Å². The van der Waals surface area contributed by atoms with E-state index in [9.17, 15) is 4.79 Å². The van der Waals surface area contributed by atoms with Crippen molar-refractivity contribution < 1.29 is 4.79 Å². The minimum Gasteiger partial charge on any atom is -0.388 e. The molecule has 0 aliphatic rings. The van der Waals surface area contributed by atoms with Crippen LogP contribution in [0.15, 0.2) is 54.6 Å². The van der Waals surface area contributed by atoms with Crippen LogP contribution in [-0.4, -0.2) is 37.4 Å². The third-order valence-electron chi connectivity index (χ3n) is 4.64. The predicted octanol–water partition coefficient (Wildman–Crippen LogP) is 3.86. The number of nitrogens with zero attached hydrogens (tertiary/aromatic N) is 1. The topological polar surface area (TPSA) is 32.3 Å². The number of anilines is 1. The molecule has 1 atom stereocenters. The van der Waals surface area contributed by atoms with Crippen molar-refractivity contribution in [3.05, 3.63) is 65.7 Å². The fraction of sp³-hybridized carbons (Fsp3) is 0.350. The van der Waals surface area contributed by atoms with Gasteiger partial charge in [-0.3, -0.25) is 9.69 Å². The van der Waals surface area contributed by atoms with Crippen molar-refractivity contribution in [1.29, 1.82) is 0 Å². The maximum Gasteiger partial charge on any atom is 0.183 e. The van der Waals surface area contributed by atoms with Crippen LogP contribution < -0.4 is 5.32 Å². The number of hydrogen-bond donors (Lipinski definition) is 1. The molecule has 0 aromatic heterocycles. The Kier molecular flexibility index (Phi) is 5.56. The minimum absolute atomic E-state index is 0.177. The standard InChI is InChI=1S/C20H26N2O/c1-5-20(22(3)4,15-16-9-7-6-8-10-16)19(23)17-11-13-18(21-2)14-12-17/h6-14,21H,5,15H2,1-4H3. The number of nitrogens with one attached hydrogen (secondary N) is 1. The molecule has 3 nitrogen and oxygen atoms in total. The van der Waals surface area contributed by atoms with E-state index in [1.165, 1.54) is 5.56 Å².